The predicted octanol–water partition coefficient (Wildman–Crippen LogP) is 2.62. The van der Waals surface area contributed by atoms with Gasteiger partial charge in [0.05, 0.1) is 11.5 Å². The number of hydrogen-bond acceptors (Lipinski definition) is 6. The lowest BCUT2D eigenvalue weighted by Crippen LogP contribution is -2.06. The van der Waals surface area contributed by atoms with E-state index < -0.39 is 4.92 Å². The summed E-state index contributed by atoms with van der Waals surface area (Å²) in [6, 6.07) is 9.90. The molecular weight excluding hydrogens is 310 g/mol. The van der Waals surface area contributed by atoms with E-state index in [1.165, 1.54) is 0 Å². The van der Waals surface area contributed by atoms with E-state index in [0.717, 1.165) is 5.56 Å². The Kier molecular flexibility index (Phi) is 4.37. The smallest absolute Gasteiger partial charge is 0.312 e. The van der Waals surface area contributed by atoms with Crippen LogP contribution < -0.4 is 0 Å². The van der Waals surface area contributed by atoms with Crippen molar-refractivity contribution in [2.75, 3.05) is 0 Å². The second-order valence-corrected chi connectivity index (χ2v) is 5.52. The third-order valence-electron chi connectivity index (χ3n) is 3.78. The zero-order valence-electron chi connectivity index (χ0n) is 13.5. The molecule has 0 N–H and O–H groups in total. The lowest BCUT2D eigenvalue weighted by molar-refractivity contribution is -0.386. The number of aromatic nitrogens is 4. The maximum absolute atomic E-state index is 11.0. The lowest BCUT2D eigenvalue weighted by Gasteiger charge is -2.00. The number of aryl methyl sites for hydroxylation is 3. The van der Waals surface area contributed by atoms with Crippen LogP contribution in [0.4, 0.5) is 5.69 Å². The second kappa shape index (κ2) is 6.61. The van der Waals surface area contributed by atoms with Gasteiger partial charge in [-0.25, -0.2) is 0 Å². The summed E-state index contributed by atoms with van der Waals surface area (Å²) in [6.45, 7) is 3.77. The van der Waals surface area contributed by atoms with Crippen LogP contribution in [0.3, 0.4) is 0 Å². The molecule has 124 valence electrons. The average Bonchev–Trinajstić information content (AvgIpc) is 3.10. The number of rotatable bonds is 6. The molecule has 0 saturated carbocycles. The molecule has 8 heteroatoms. The summed E-state index contributed by atoms with van der Waals surface area (Å²) in [4.78, 5) is 15.0. The van der Waals surface area contributed by atoms with Gasteiger partial charge in [0.1, 0.15) is 11.4 Å². The molecule has 0 saturated heterocycles. The largest absolute Gasteiger partial charge is 0.339 e. The first-order valence-electron chi connectivity index (χ1n) is 7.58. The van der Waals surface area contributed by atoms with Gasteiger partial charge in [-0.2, -0.15) is 10.1 Å². The van der Waals surface area contributed by atoms with E-state index in [4.69, 9.17) is 4.52 Å². The monoisotopic (exact) mass is 327 g/mol. The van der Waals surface area contributed by atoms with E-state index in [9.17, 15) is 10.1 Å². The first kappa shape index (κ1) is 15.9. The van der Waals surface area contributed by atoms with Crippen LogP contribution in [0.1, 0.15) is 28.7 Å². The summed E-state index contributed by atoms with van der Waals surface area (Å²) in [6.07, 6.45) is 1.08. The molecule has 0 unspecified atom stereocenters. The van der Waals surface area contributed by atoms with E-state index in [-0.39, 0.29) is 5.69 Å². The fraction of sp³-hybridized carbons (Fsp3) is 0.312. The minimum absolute atomic E-state index is 0.0605. The van der Waals surface area contributed by atoms with Crippen molar-refractivity contribution in [2.24, 2.45) is 0 Å². The number of nitro groups is 1. The average molecular weight is 327 g/mol. The molecule has 0 fully saturated rings. The van der Waals surface area contributed by atoms with Crippen molar-refractivity contribution in [3.05, 3.63) is 69.1 Å². The second-order valence-electron chi connectivity index (χ2n) is 5.52. The Morgan fingerprint density at radius 1 is 1.25 bits per heavy atom. The third-order valence-corrected chi connectivity index (χ3v) is 3.78. The van der Waals surface area contributed by atoms with Gasteiger partial charge >= 0.3 is 5.69 Å². The normalized spacial score (nSPS) is 10.9. The van der Waals surface area contributed by atoms with Gasteiger partial charge in [0.25, 0.3) is 0 Å². The number of benzene rings is 1. The Morgan fingerprint density at radius 2 is 2.00 bits per heavy atom. The minimum Gasteiger partial charge on any atom is -0.339 e. The predicted molar refractivity (Wildman–Crippen MR) is 85.6 cm³/mol. The molecule has 0 bridgehead atoms. The molecule has 3 rings (SSSR count). The summed E-state index contributed by atoms with van der Waals surface area (Å²) in [7, 11) is 0. The summed E-state index contributed by atoms with van der Waals surface area (Å²) in [5.74, 6) is 1.12. The highest BCUT2D eigenvalue weighted by Gasteiger charge is 2.21. The van der Waals surface area contributed by atoms with Crippen molar-refractivity contribution >= 4 is 5.69 Å². The standard InChI is InChI=1S/C16H17N5O3/c1-11-16(21(22)23)12(2)20(18-11)9-8-15-17-14(19-24-15)10-13-6-4-3-5-7-13/h3-7H,8-10H2,1-2H3. The Balaban J connectivity index is 1.66. The van der Waals surface area contributed by atoms with Gasteiger partial charge in [-0.05, 0) is 19.4 Å². The van der Waals surface area contributed by atoms with Gasteiger partial charge in [0, 0.05) is 12.8 Å². The van der Waals surface area contributed by atoms with Gasteiger partial charge in [0.2, 0.25) is 5.89 Å². The first-order valence-corrected chi connectivity index (χ1v) is 7.58. The maximum Gasteiger partial charge on any atom is 0.312 e. The van der Waals surface area contributed by atoms with Crippen molar-refractivity contribution in [2.45, 2.75) is 33.2 Å². The van der Waals surface area contributed by atoms with Crippen LogP contribution in [0.2, 0.25) is 0 Å². The Bertz CT molecular complexity index is 854. The number of nitrogens with zero attached hydrogens (tertiary/aromatic N) is 5. The minimum atomic E-state index is -0.404. The zero-order valence-corrected chi connectivity index (χ0v) is 13.5. The van der Waals surface area contributed by atoms with Crippen molar-refractivity contribution in [3.8, 4) is 0 Å². The molecular formula is C16H17N5O3. The molecule has 1 aromatic carbocycles. The molecule has 24 heavy (non-hydrogen) atoms. The van der Waals surface area contributed by atoms with E-state index in [1.54, 1.807) is 18.5 Å². The molecule has 2 aromatic heterocycles. The van der Waals surface area contributed by atoms with Crippen LogP contribution in [0, 0.1) is 24.0 Å². The fourth-order valence-electron chi connectivity index (χ4n) is 2.61. The lowest BCUT2D eigenvalue weighted by atomic mass is 10.1. The van der Waals surface area contributed by atoms with Crippen LogP contribution in [0.25, 0.3) is 0 Å². The van der Waals surface area contributed by atoms with Gasteiger partial charge in [0.15, 0.2) is 5.82 Å². The van der Waals surface area contributed by atoms with Gasteiger partial charge < -0.3 is 4.52 Å². The summed E-state index contributed by atoms with van der Waals surface area (Å²) >= 11 is 0. The molecule has 0 aliphatic heterocycles. The molecule has 8 nitrogen and oxygen atoms in total. The Labute approximate surface area is 138 Å². The molecule has 3 aromatic rings. The zero-order chi connectivity index (χ0) is 17.1. The molecule has 0 amide bonds. The summed E-state index contributed by atoms with van der Waals surface area (Å²) < 4.78 is 6.85. The molecule has 0 atom stereocenters. The third kappa shape index (κ3) is 3.32. The van der Waals surface area contributed by atoms with E-state index in [2.05, 4.69) is 15.2 Å². The van der Waals surface area contributed by atoms with Crippen molar-refractivity contribution in [3.63, 3.8) is 0 Å². The van der Waals surface area contributed by atoms with Crippen molar-refractivity contribution < 1.29 is 9.45 Å². The Hall–Kier alpha value is -3.03. The van der Waals surface area contributed by atoms with Crippen LogP contribution in [-0.2, 0) is 19.4 Å². The maximum atomic E-state index is 11.0. The quantitative estimate of drug-likeness (QED) is 0.509. The van der Waals surface area contributed by atoms with Crippen LogP contribution in [-0.4, -0.2) is 24.8 Å². The van der Waals surface area contributed by atoms with Crippen molar-refractivity contribution in [1.82, 2.24) is 19.9 Å². The summed E-state index contributed by atoms with van der Waals surface area (Å²) in [5, 5.41) is 19.2. The Morgan fingerprint density at radius 3 is 2.67 bits per heavy atom. The van der Waals surface area contributed by atoms with E-state index >= 15 is 0 Å². The SMILES string of the molecule is Cc1nn(CCc2nc(Cc3ccccc3)no2)c(C)c1[N+](=O)[O-]. The fourth-order valence-corrected chi connectivity index (χ4v) is 2.61. The molecule has 0 aliphatic carbocycles. The molecule has 0 spiro atoms. The van der Waals surface area contributed by atoms with Gasteiger partial charge in [-0.3, -0.25) is 14.8 Å². The van der Waals surface area contributed by atoms with Crippen molar-refractivity contribution in [1.29, 1.82) is 0 Å². The summed E-state index contributed by atoms with van der Waals surface area (Å²) in [5.41, 5.74) is 2.11. The van der Waals surface area contributed by atoms with Crippen LogP contribution >= 0.6 is 0 Å². The molecule has 0 radical (unpaired) electrons. The topological polar surface area (TPSA) is 99.9 Å². The molecule has 0 aliphatic rings. The highest BCUT2D eigenvalue weighted by molar-refractivity contribution is 5.39. The van der Waals surface area contributed by atoms with Crippen LogP contribution in [0.15, 0.2) is 34.9 Å². The van der Waals surface area contributed by atoms with E-state index in [0.29, 0.717) is 42.5 Å². The first-order chi connectivity index (χ1) is 11.5. The van der Waals surface area contributed by atoms with E-state index in [1.807, 2.05) is 30.3 Å². The van der Waals surface area contributed by atoms with Gasteiger partial charge in [-0.1, -0.05) is 35.5 Å². The molecule has 2 heterocycles. The highest BCUT2D eigenvalue weighted by atomic mass is 16.6. The number of hydrogen-bond donors (Lipinski definition) is 0. The van der Waals surface area contributed by atoms with Gasteiger partial charge in [-0.15, -0.1) is 0 Å². The van der Waals surface area contributed by atoms with Crippen LogP contribution in [0.5, 0.6) is 0 Å². The highest BCUT2D eigenvalue weighted by Crippen LogP contribution is 2.21.